The molecule has 0 fully saturated rings. The summed E-state index contributed by atoms with van der Waals surface area (Å²) in [5, 5.41) is 3.77. The highest BCUT2D eigenvalue weighted by molar-refractivity contribution is 7.91. The lowest BCUT2D eigenvalue weighted by atomic mass is 10.1. The average molecular weight is 530 g/mol. The van der Waals surface area contributed by atoms with Crippen molar-refractivity contribution in [3.8, 4) is 17.6 Å². The quantitative estimate of drug-likeness (QED) is 0.371. The fourth-order valence-electron chi connectivity index (χ4n) is 3.09. The Hall–Kier alpha value is -2.98. The lowest BCUT2D eigenvalue weighted by molar-refractivity contribution is -0.115. The monoisotopic (exact) mass is 529 g/mol. The van der Waals surface area contributed by atoms with E-state index in [-0.39, 0.29) is 23.0 Å². The first-order valence-corrected chi connectivity index (χ1v) is 13.3. The van der Waals surface area contributed by atoms with Crippen molar-refractivity contribution in [3.63, 3.8) is 0 Å². The molecule has 0 aliphatic carbocycles. The van der Waals surface area contributed by atoms with Crippen LogP contribution in [-0.2, 0) is 21.1 Å². The molecule has 3 aromatic carbocycles. The van der Waals surface area contributed by atoms with Crippen LogP contribution in [0.2, 0.25) is 10.0 Å². The van der Waals surface area contributed by atoms with E-state index in [9.17, 15) is 13.2 Å². The maximum Gasteiger partial charge on any atom is 0.228 e. The Morgan fingerprint density at radius 1 is 1.00 bits per heavy atom. The lowest BCUT2D eigenvalue weighted by Crippen LogP contribution is -2.26. The summed E-state index contributed by atoms with van der Waals surface area (Å²) in [5.74, 6) is 6.48. The molecule has 0 saturated heterocycles. The van der Waals surface area contributed by atoms with Gasteiger partial charge in [0.25, 0.3) is 0 Å². The molecule has 0 aliphatic rings. The Balaban J connectivity index is 1.59. The molecular weight excluding hydrogens is 505 g/mol. The van der Waals surface area contributed by atoms with Gasteiger partial charge in [-0.1, -0.05) is 54.1 Å². The second kappa shape index (κ2) is 11.2. The lowest BCUT2D eigenvalue weighted by Gasteiger charge is -2.21. The Morgan fingerprint density at radius 2 is 1.66 bits per heavy atom. The number of carbonyl (C=O) groups is 1. The van der Waals surface area contributed by atoms with Crippen molar-refractivity contribution < 1.29 is 17.9 Å². The van der Waals surface area contributed by atoms with Crippen LogP contribution in [0.4, 0.5) is 5.69 Å². The zero-order chi connectivity index (χ0) is 25.6. The Bertz CT molecular complexity index is 1370. The number of hydrogen-bond donors (Lipinski definition) is 1. The summed E-state index contributed by atoms with van der Waals surface area (Å²) in [4.78, 5) is 12.6. The molecule has 1 amide bonds. The summed E-state index contributed by atoms with van der Waals surface area (Å²) in [6.45, 7) is 5.27. The van der Waals surface area contributed by atoms with Gasteiger partial charge in [0.2, 0.25) is 5.91 Å². The molecule has 5 nitrogen and oxygen atoms in total. The van der Waals surface area contributed by atoms with Crippen LogP contribution in [-0.4, -0.2) is 25.7 Å². The number of halogens is 2. The van der Waals surface area contributed by atoms with Gasteiger partial charge in [-0.2, -0.15) is 0 Å². The van der Waals surface area contributed by atoms with Crippen molar-refractivity contribution >= 4 is 44.6 Å². The number of ether oxygens (including phenoxy) is 1. The third kappa shape index (κ3) is 7.76. The van der Waals surface area contributed by atoms with Gasteiger partial charge >= 0.3 is 0 Å². The molecule has 0 aliphatic heterocycles. The molecule has 182 valence electrons. The highest BCUT2D eigenvalue weighted by Gasteiger charge is 2.18. The zero-order valence-electron chi connectivity index (χ0n) is 19.6. The van der Waals surface area contributed by atoms with Crippen molar-refractivity contribution in [3.05, 3.63) is 87.9 Å². The maximum atomic E-state index is 12.4. The van der Waals surface area contributed by atoms with Gasteiger partial charge in [-0.3, -0.25) is 4.79 Å². The smallest absolute Gasteiger partial charge is 0.228 e. The van der Waals surface area contributed by atoms with E-state index in [0.29, 0.717) is 21.5 Å². The van der Waals surface area contributed by atoms with Crippen LogP contribution in [0.1, 0.15) is 31.9 Å². The Kier molecular flexibility index (Phi) is 8.50. The summed E-state index contributed by atoms with van der Waals surface area (Å²) in [7, 11) is -3.26. The largest absolute Gasteiger partial charge is 0.474 e. The number of hydrogen-bond acceptors (Lipinski definition) is 4. The fraction of sp³-hybridized carbons (Fsp3) is 0.222. The maximum absolute atomic E-state index is 12.4. The average Bonchev–Trinajstić information content (AvgIpc) is 2.81. The van der Waals surface area contributed by atoms with Gasteiger partial charge in [0.1, 0.15) is 5.75 Å². The molecule has 3 aromatic rings. The fourth-order valence-corrected chi connectivity index (χ4v) is 4.42. The van der Waals surface area contributed by atoms with Crippen LogP contribution < -0.4 is 10.1 Å². The molecule has 0 saturated carbocycles. The molecule has 0 unspecified atom stereocenters. The minimum atomic E-state index is -3.26. The summed E-state index contributed by atoms with van der Waals surface area (Å²) in [6, 6.07) is 18.5. The number of carbonyl (C=O) groups excluding carboxylic acids is 1. The van der Waals surface area contributed by atoms with E-state index >= 15 is 0 Å². The molecule has 1 N–H and O–H groups in total. The number of sulfone groups is 1. The van der Waals surface area contributed by atoms with Crippen molar-refractivity contribution in [1.82, 2.24) is 0 Å². The number of benzene rings is 3. The first-order chi connectivity index (χ1) is 16.5. The van der Waals surface area contributed by atoms with Crippen LogP contribution >= 0.6 is 23.2 Å². The van der Waals surface area contributed by atoms with Crippen molar-refractivity contribution in [2.24, 2.45) is 0 Å². The molecule has 0 radical (unpaired) electrons. The molecule has 0 heterocycles. The minimum absolute atomic E-state index is 0.0361. The van der Waals surface area contributed by atoms with Crippen LogP contribution in [0.3, 0.4) is 0 Å². The van der Waals surface area contributed by atoms with Crippen LogP contribution in [0.5, 0.6) is 5.75 Å². The molecule has 0 aromatic heterocycles. The normalized spacial score (nSPS) is 11.3. The van der Waals surface area contributed by atoms with Gasteiger partial charge in [-0.15, -0.1) is 0 Å². The predicted molar refractivity (Wildman–Crippen MR) is 141 cm³/mol. The van der Waals surface area contributed by atoms with Gasteiger partial charge in [0.15, 0.2) is 15.4 Å². The van der Waals surface area contributed by atoms with Crippen LogP contribution in [0.15, 0.2) is 71.6 Å². The SMILES string of the molecule is CCS(=O)(=O)c1ccc(CC(=O)Nc2ccc(C#CC(C)(C)Oc3ccc(Cl)cc3Cl)cc2)cc1. The van der Waals surface area contributed by atoms with Crippen LogP contribution in [0.25, 0.3) is 0 Å². The van der Waals surface area contributed by atoms with Gasteiger partial charge < -0.3 is 10.1 Å². The van der Waals surface area contributed by atoms with E-state index in [0.717, 1.165) is 11.1 Å². The van der Waals surface area contributed by atoms with Crippen molar-refractivity contribution in [2.75, 3.05) is 11.1 Å². The van der Waals surface area contributed by atoms with Crippen LogP contribution in [0, 0.1) is 11.8 Å². The molecular formula is C27H25Cl2NO4S. The standard InChI is InChI=1S/C27H25Cl2NO4S/c1-4-35(32,33)23-12-7-20(8-13-23)17-26(31)30-22-10-5-19(6-11-22)15-16-27(2,3)34-25-14-9-21(28)18-24(25)29/h5-14,18H,4,17H2,1-3H3,(H,30,31). The zero-order valence-corrected chi connectivity index (χ0v) is 21.9. The molecule has 0 bridgehead atoms. The number of rotatable bonds is 7. The number of nitrogens with one attached hydrogen (secondary N) is 1. The minimum Gasteiger partial charge on any atom is -0.474 e. The molecule has 35 heavy (non-hydrogen) atoms. The van der Waals surface area contributed by atoms with E-state index in [4.69, 9.17) is 27.9 Å². The van der Waals surface area contributed by atoms with Gasteiger partial charge in [0, 0.05) is 16.3 Å². The summed E-state index contributed by atoms with van der Waals surface area (Å²) < 4.78 is 29.7. The van der Waals surface area contributed by atoms with Gasteiger partial charge in [-0.05, 0) is 74.0 Å². The molecule has 0 atom stereocenters. The van der Waals surface area contributed by atoms with E-state index < -0.39 is 15.4 Å². The highest BCUT2D eigenvalue weighted by atomic mass is 35.5. The Labute approximate surface area is 216 Å². The first-order valence-electron chi connectivity index (χ1n) is 10.9. The third-order valence-electron chi connectivity index (χ3n) is 4.96. The summed E-state index contributed by atoms with van der Waals surface area (Å²) in [6.07, 6.45) is 0.132. The van der Waals surface area contributed by atoms with Crippen molar-refractivity contribution in [2.45, 2.75) is 37.7 Å². The highest BCUT2D eigenvalue weighted by Crippen LogP contribution is 2.30. The van der Waals surface area contributed by atoms with E-state index in [1.807, 2.05) is 13.8 Å². The predicted octanol–water partition coefficient (Wildman–Crippen LogP) is 6.18. The Morgan fingerprint density at radius 3 is 2.26 bits per heavy atom. The summed E-state index contributed by atoms with van der Waals surface area (Å²) >= 11 is 12.1. The topological polar surface area (TPSA) is 72.5 Å². The second-order valence-corrected chi connectivity index (χ2v) is 11.4. The first kappa shape index (κ1) is 26.6. The van der Waals surface area contributed by atoms with Gasteiger partial charge in [-0.25, -0.2) is 8.42 Å². The van der Waals surface area contributed by atoms with Gasteiger partial charge in [0.05, 0.1) is 22.1 Å². The number of anilines is 1. The summed E-state index contributed by atoms with van der Waals surface area (Å²) in [5.41, 5.74) is 1.32. The molecule has 3 rings (SSSR count). The molecule has 8 heteroatoms. The van der Waals surface area contributed by atoms with E-state index in [1.165, 1.54) is 12.1 Å². The molecule has 0 spiro atoms. The van der Waals surface area contributed by atoms with Crippen molar-refractivity contribution in [1.29, 1.82) is 0 Å². The van der Waals surface area contributed by atoms with E-state index in [1.54, 1.807) is 61.5 Å². The third-order valence-corrected chi connectivity index (χ3v) is 7.24. The number of amides is 1. The second-order valence-electron chi connectivity index (χ2n) is 8.29. The van der Waals surface area contributed by atoms with E-state index in [2.05, 4.69) is 17.2 Å².